The first-order valence-corrected chi connectivity index (χ1v) is 6.17. The third kappa shape index (κ3) is 4.33. The average Bonchev–Trinajstić information content (AvgIpc) is 2.36. The van der Waals surface area contributed by atoms with Crippen LogP contribution >= 0.6 is 0 Å². The van der Waals surface area contributed by atoms with E-state index in [4.69, 9.17) is 0 Å². The normalized spacial score (nSPS) is 11.9. The number of carbonyl (C=O) groups excluding carboxylic acids is 1. The van der Waals surface area contributed by atoms with Gasteiger partial charge in [0.25, 0.3) is 11.6 Å². The monoisotopic (exact) mass is 266 g/mol. The third-order valence-electron chi connectivity index (χ3n) is 2.79. The predicted molar refractivity (Wildman–Crippen MR) is 71.1 cm³/mol. The number of benzene rings is 1. The predicted octanol–water partition coefficient (Wildman–Crippen LogP) is 1.79. The third-order valence-corrected chi connectivity index (χ3v) is 2.79. The van der Waals surface area contributed by atoms with E-state index in [0.29, 0.717) is 12.0 Å². The molecule has 1 aromatic carbocycles. The molecule has 0 saturated heterocycles. The lowest BCUT2D eigenvalue weighted by Gasteiger charge is -2.10. The number of hydrogen-bond acceptors (Lipinski definition) is 4. The molecule has 1 amide bonds. The zero-order chi connectivity index (χ0) is 14.4. The van der Waals surface area contributed by atoms with Crippen molar-refractivity contribution in [1.82, 2.24) is 5.32 Å². The summed E-state index contributed by atoms with van der Waals surface area (Å²) in [5.74, 6) is -0.418. The summed E-state index contributed by atoms with van der Waals surface area (Å²) in [4.78, 5) is 22.1. The Hall–Kier alpha value is -1.95. The lowest BCUT2D eigenvalue weighted by molar-refractivity contribution is -0.385. The van der Waals surface area contributed by atoms with Gasteiger partial charge in [0.15, 0.2) is 0 Å². The van der Waals surface area contributed by atoms with Crippen LogP contribution in [-0.4, -0.2) is 28.6 Å². The van der Waals surface area contributed by atoms with Crippen molar-refractivity contribution >= 4 is 11.6 Å². The summed E-state index contributed by atoms with van der Waals surface area (Å²) in [7, 11) is 0. The Kier molecular flexibility index (Phi) is 5.44. The maximum Gasteiger partial charge on any atom is 0.273 e. The summed E-state index contributed by atoms with van der Waals surface area (Å²) in [6.45, 7) is 3.70. The fourth-order valence-electron chi connectivity index (χ4n) is 1.70. The molecule has 1 rings (SSSR count). The van der Waals surface area contributed by atoms with Crippen LogP contribution in [0.1, 0.15) is 35.7 Å². The molecule has 1 aromatic rings. The van der Waals surface area contributed by atoms with E-state index in [9.17, 15) is 20.0 Å². The van der Waals surface area contributed by atoms with Crippen molar-refractivity contribution in [3.8, 4) is 0 Å². The molecule has 1 unspecified atom stereocenters. The van der Waals surface area contributed by atoms with Crippen LogP contribution in [-0.2, 0) is 0 Å². The van der Waals surface area contributed by atoms with Crippen molar-refractivity contribution in [3.05, 3.63) is 39.4 Å². The van der Waals surface area contributed by atoms with Gasteiger partial charge in [0.1, 0.15) is 0 Å². The molecule has 19 heavy (non-hydrogen) atoms. The van der Waals surface area contributed by atoms with Gasteiger partial charge >= 0.3 is 0 Å². The van der Waals surface area contributed by atoms with Crippen LogP contribution < -0.4 is 5.32 Å². The van der Waals surface area contributed by atoms with E-state index < -0.39 is 16.9 Å². The summed E-state index contributed by atoms with van der Waals surface area (Å²) < 4.78 is 0. The number of carbonyl (C=O) groups is 1. The van der Waals surface area contributed by atoms with Crippen molar-refractivity contribution in [1.29, 1.82) is 0 Å². The summed E-state index contributed by atoms with van der Waals surface area (Å²) in [5.41, 5.74) is 0.648. The highest BCUT2D eigenvalue weighted by Crippen LogP contribution is 2.19. The Labute approximate surface area is 111 Å². The SMILES string of the molecule is CCCC(O)CNC(=O)c1ccc(C)c([N+](=O)[O-])c1. The number of rotatable bonds is 6. The molecular weight excluding hydrogens is 248 g/mol. The largest absolute Gasteiger partial charge is 0.391 e. The van der Waals surface area contributed by atoms with E-state index in [2.05, 4.69) is 5.32 Å². The quantitative estimate of drug-likeness (QED) is 0.606. The molecule has 0 radical (unpaired) electrons. The minimum absolute atomic E-state index is 0.0817. The van der Waals surface area contributed by atoms with Gasteiger partial charge in [0, 0.05) is 23.7 Å². The number of nitro benzene ring substituents is 1. The second-order valence-electron chi connectivity index (χ2n) is 4.41. The number of hydrogen-bond donors (Lipinski definition) is 2. The minimum Gasteiger partial charge on any atom is -0.391 e. The Morgan fingerprint density at radius 1 is 1.53 bits per heavy atom. The molecule has 2 N–H and O–H groups in total. The first-order chi connectivity index (χ1) is 8.95. The number of aryl methyl sites for hydroxylation is 1. The Bertz CT molecular complexity index is 474. The van der Waals surface area contributed by atoms with Crippen molar-refractivity contribution in [3.63, 3.8) is 0 Å². The van der Waals surface area contributed by atoms with Gasteiger partial charge in [-0.15, -0.1) is 0 Å². The first-order valence-electron chi connectivity index (χ1n) is 6.17. The van der Waals surface area contributed by atoms with Crippen LogP contribution in [0.3, 0.4) is 0 Å². The number of aliphatic hydroxyl groups is 1. The number of aliphatic hydroxyl groups excluding tert-OH is 1. The van der Waals surface area contributed by atoms with Gasteiger partial charge in [-0.25, -0.2) is 0 Å². The van der Waals surface area contributed by atoms with E-state index in [1.54, 1.807) is 6.92 Å². The summed E-state index contributed by atoms with van der Waals surface area (Å²) in [6.07, 6.45) is 0.843. The fourth-order valence-corrected chi connectivity index (χ4v) is 1.70. The van der Waals surface area contributed by atoms with E-state index in [0.717, 1.165) is 6.42 Å². The number of nitrogens with zero attached hydrogens (tertiary/aromatic N) is 1. The van der Waals surface area contributed by atoms with Crippen molar-refractivity contribution < 1.29 is 14.8 Å². The van der Waals surface area contributed by atoms with Gasteiger partial charge in [-0.2, -0.15) is 0 Å². The Morgan fingerprint density at radius 2 is 2.21 bits per heavy atom. The standard InChI is InChI=1S/C13H18N2O4/c1-3-4-11(16)8-14-13(17)10-6-5-9(2)12(7-10)15(18)19/h5-7,11,16H,3-4,8H2,1-2H3,(H,14,17). The molecule has 0 saturated carbocycles. The van der Waals surface area contributed by atoms with Crippen molar-refractivity contribution in [2.45, 2.75) is 32.8 Å². The van der Waals surface area contributed by atoms with Crippen molar-refractivity contribution in [2.24, 2.45) is 0 Å². The fraction of sp³-hybridized carbons (Fsp3) is 0.462. The zero-order valence-corrected chi connectivity index (χ0v) is 11.0. The molecule has 0 bridgehead atoms. The molecule has 1 atom stereocenters. The van der Waals surface area contributed by atoms with E-state index >= 15 is 0 Å². The van der Waals surface area contributed by atoms with Crippen LogP contribution in [0, 0.1) is 17.0 Å². The van der Waals surface area contributed by atoms with Gasteiger partial charge in [-0.1, -0.05) is 19.4 Å². The molecule has 104 valence electrons. The number of nitrogens with one attached hydrogen (secondary N) is 1. The molecule has 0 spiro atoms. The van der Waals surface area contributed by atoms with E-state index in [1.165, 1.54) is 18.2 Å². The van der Waals surface area contributed by atoms with Crippen LogP contribution in [0.4, 0.5) is 5.69 Å². The first kappa shape index (κ1) is 15.1. The summed E-state index contributed by atoms with van der Waals surface area (Å²) in [5, 5.41) is 22.8. The Morgan fingerprint density at radius 3 is 2.79 bits per heavy atom. The lowest BCUT2D eigenvalue weighted by atomic mass is 10.1. The van der Waals surface area contributed by atoms with Gasteiger partial charge < -0.3 is 10.4 Å². The topological polar surface area (TPSA) is 92.5 Å². The molecule has 0 aliphatic carbocycles. The lowest BCUT2D eigenvalue weighted by Crippen LogP contribution is -2.32. The molecule has 0 aliphatic heterocycles. The molecule has 0 heterocycles. The average molecular weight is 266 g/mol. The van der Waals surface area contributed by atoms with Gasteiger partial charge in [-0.05, 0) is 19.4 Å². The van der Waals surface area contributed by atoms with Crippen LogP contribution in [0.15, 0.2) is 18.2 Å². The van der Waals surface area contributed by atoms with Gasteiger partial charge in [0.05, 0.1) is 11.0 Å². The Balaban J connectivity index is 2.72. The van der Waals surface area contributed by atoms with Gasteiger partial charge in [-0.3, -0.25) is 14.9 Å². The zero-order valence-electron chi connectivity index (χ0n) is 11.0. The molecule has 0 aromatic heterocycles. The van der Waals surface area contributed by atoms with E-state index in [-0.39, 0.29) is 17.8 Å². The van der Waals surface area contributed by atoms with Crippen molar-refractivity contribution in [2.75, 3.05) is 6.54 Å². The number of nitro groups is 1. The summed E-state index contributed by atoms with van der Waals surface area (Å²) >= 11 is 0. The summed E-state index contributed by atoms with van der Waals surface area (Å²) in [6, 6.07) is 4.32. The second-order valence-corrected chi connectivity index (χ2v) is 4.41. The van der Waals surface area contributed by atoms with Crippen LogP contribution in [0.2, 0.25) is 0 Å². The molecular formula is C13H18N2O4. The smallest absolute Gasteiger partial charge is 0.273 e. The minimum atomic E-state index is -0.589. The molecule has 0 fully saturated rings. The highest BCUT2D eigenvalue weighted by Gasteiger charge is 2.15. The maximum atomic E-state index is 11.8. The molecule has 6 nitrogen and oxygen atoms in total. The van der Waals surface area contributed by atoms with Crippen LogP contribution in [0.5, 0.6) is 0 Å². The highest BCUT2D eigenvalue weighted by atomic mass is 16.6. The maximum absolute atomic E-state index is 11.8. The second kappa shape index (κ2) is 6.84. The van der Waals surface area contributed by atoms with Crippen LogP contribution in [0.25, 0.3) is 0 Å². The molecule has 6 heteroatoms. The van der Waals surface area contributed by atoms with Gasteiger partial charge in [0.2, 0.25) is 0 Å². The highest BCUT2D eigenvalue weighted by molar-refractivity contribution is 5.95. The molecule has 0 aliphatic rings. The van der Waals surface area contributed by atoms with E-state index in [1.807, 2.05) is 6.92 Å². The number of amides is 1.